The summed E-state index contributed by atoms with van der Waals surface area (Å²) in [6.45, 7) is 6.99. The Balaban J connectivity index is 2.61. The Bertz CT molecular complexity index is 314. The van der Waals surface area contributed by atoms with Gasteiger partial charge in [0.2, 0.25) is 0 Å². The fraction of sp³-hybridized carbons (Fsp3) is 0.800. The molecular weight excluding hydrogens is 228 g/mol. The third-order valence-electron chi connectivity index (χ3n) is 3.78. The van der Waals surface area contributed by atoms with Gasteiger partial charge in [-0.1, -0.05) is 32.6 Å². The Morgan fingerprint density at radius 3 is 2.78 bits per heavy atom. The quantitative estimate of drug-likeness (QED) is 0.557. The molecule has 0 spiro atoms. The largest absolute Gasteiger partial charge is 0.458 e. The highest BCUT2D eigenvalue weighted by atomic mass is 16.6. The first-order chi connectivity index (χ1) is 8.54. The molecule has 2 atom stereocenters. The van der Waals surface area contributed by atoms with Crippen molar-refractivity contribution in [1.29, 1.82) is 0 Å². The van der Waals surface area contributed by atoms with Gasteiger partial charge in [-0.25, -0.2) is 0 Å². The highest BCUT2D eigenvalue weighted by Gasteiger charge is 2.38. The number of hydrogen-bond donors (Lipinski definition) is 0. The van der Waals surface area contributed by atoms with Crippen LogP contribution in [0, 0.1) is 18.3 Å². The van der Waals surface area contributed by atoms with Gasteiger partial charge in [0.1, 0.15) is 12.0 Å². The standard InChI is InChI=1S/C15H24O3/c1-5-8-14(16)18-15(4)9-10-17-13(11-15)12(6-2)7-3/h1,12-13H,6-11H2,2-4H3. The molecule has 0 aromatic rings. The molecule has 3 heteroatoms. The Kier molecular flexibility index (Phi) is 5.68. The fourth-order valence-corrected chi connectivity index (χ4v) is 2.62. The molecule has 2 unspecified atom stereocenters. The third kappa shape index (κ3) is 4.03. The second-order valence-electron chi connectivity index (χ2n) is 5.24. The molecule has 3 nitrogen and oxygen atoms in total. The number of hydrogen-bond acceptors (Lipinski definition) is 3. The normalized spacial score (nSPS) is 27.8. The van der Waals surface area contributed by atoms with Crippen LogP contribution in [0.5, 0.6) is 0 Å². The Morgan fingerprint density at radius 1 is 1.56 bits per heavy atom. The first-order valence-electron chi connectivity index (χ1n) is 6.81. The molecule has 1 aliphatic heterocycles. The molecule has 1 rings (SSSR count). The third-order valence-corrected chi connectivity index (χ3v) is 3.78. The summed E-state index contributed by atoms with van der Waals surface area (Å²) in [4.78, 5) is 11.5. The fourth-order valence-electron chi connectivity index (χ4n) is 2.62. The molecule has 0 N–H and O–H groups in total. The molecule has 18 heavy (non-hydrogen) atoms. The van der Waals surface area contributed by atoms with Crippen LogP contribution in [0.25, 0.3) is 0 Å². The highest BCUT2D eigenvalue weighted by molar-refractivity contribution is 5.72. The number of terminal acetylenes is 1. The van der Waals surface area contributed by atoms with Crippen LogP contribution in [0.4, 0.5) is 0 Å². The van der Waals surface area contributed by atoms with E-state index in [0.29, 0.717) is 12.5 Å². The lowest BCUT2D eigenvalue weighted by Gasteiger charge is -2.40. The van der Waals surface area contributed by atoms with E-state index < -0.39 is 5.60 Å². The molecule has 1 heterocycles. The number of carbonyl (C=O) groups excluding carboxylic acids is 1. The predicted molar refractivity (Wildman–Crippen MR) is 71.0 cm³/mol. The van der Waals surface area contributed by atoms with Crippen LogP contribution in [-0.2, 0) is 14.3 Å². The van der Waals surface area contributed by atoms with Crippen molar-refractivity contribution >= 4 is 5.97 Å². The average molecular weight is 252 g/mol. The van der Waals surface area contributed by atoms with Crippen LogP contribution in [0.2, 0.25) is 0 Å². The van der Waals surface area contributed by atoms with Crippen molar-refractivity contribution in [3.05, 3.63) is 0 Å². The molecule has 0 aromatic heterocycles. The van der Waals surface area contributed by atoms with Crippen LogP contribution < -0.4 is 0 Å². The summed E-state index contributed by atoms with van der Waals surface area (Å²) in [6, 6.07) is 0. The molecule has 0 amide bonds. The van der Waals surface area contributed by atoms with Gasteiger partial charge in [-0.15, -0.1) is 6.42 Å². The Hall–Kier alpha value is -1.01. The number of ether oxygens (including phenoxy) is 2. The molecule has 1 aliphatic rings. The lowest BCUT2D eigenvalue weighted by Crippen LogP contribution is -2.44. The Morgan fingerprint density at radius 2 is 2.22 bits per heavy atom. The second kappa shape index (κ2) is 6.80. The molecule has 0 radical (unpaired) electrons. The van der Waals surface area contributed by atoms with E-state index in [1.165, 1.54) is 0 Å². The zero-order valence-electron chi connectivity index (χ0n) is 11.7. The van der Waals surface area contributed by atoms with Crippen molar-refractivity contribution < 1.29 is 14.3 Å². The topological polar surface area (TPSA) is 35.5 Å². The number of rotatable bonds is 5. The predicted octanol–water partition coefficient (Wildman–Crippen LogP) is 2.93. The molecule has 0 saturated carbocycles. The van der Waals surface area contributed by atoms with Crippen LogP contribution in [0.15, 0.2) is 0 Å². The lowest BCUT2D eigenvalue weighted by atomic mass is 9.84. The van der Waals surface area contributed by atoms with Gasteiger partial charge in [0, 0.05) is 12.8 Å². The van der Waals surface area contributed by atoms with E-state index in [1.54, 1.807) is 0 Å². The maximum absolute atomic E-state index is 11.5. The van der Waals surface area contributed by atoms with Gasteiger partial charge in [0.05, 0.1) is 12.7 Å². The number of esters is 1. The Labute approximate surface area is 110 Å². The van der Waals surface area contributed by atoms with Crippen LogP contribution in [-0.4, -0.2) is 24.3 Å². The molecule has 0 aliphatic carbocycles. The van der Waals surface area contributed by atoms with Crippen molar-refractivity contribution in [2.45, 2.75) is 64.6 Å². The van der Waals surface area contributed by atoms with Crippen molar-refractivity contribution in [3.8, 4) is 12.3 Å². The van der Waals surface area contributed by atoms with E-state index in [9.17, 15) is 4.79 Å². The average Bonchev–Trinajstić information content (AvgIpc) is 2.30. The van der Waals surface area contributed by atoms with Crippen LogP contribution in [0.1, 0.15) is 52.9 Å². The van der Waals surface area contributed by atoms with E-state index >= 15 is 0 Å². The van der Waals surface area contributed by atoms with E-state index in [4.69, 9.17) is 15.9 Å². The van der Waals surface area contributed by atoms with Gasteiger partial charge in [0.15, 0.2) is 0 Å². The van der Waals surface area contributed by atoms with Crippen LogP contribution in [0.3, 0.4) is 0 Å². The van der Waals surface area contributed by atoms with Crippen molar-refractivity contribution in [1.82, 2.24) is 0 Å². The maximum atomic E-state index is 11.5. The summed E-state index contributed by atoms with van der Waals surface area (Å²) >= 11 is 0. The monoisotopic (exact) mass is 252 g/mol. The van der Waals surface area contributed by atoms with Crippen LogP contribution >= 0.6 is 0 Å². The summed E-state index contributed by atoms with van der Waals surface area (Å²) in [7, 11) is 0. The van der Waals surface area contributed by atoms with E-state index in [2.05, 4.69) is 19.8 Å². The first-order valence-corrected chi connectivity index (χ1v) is 6.81. The van der Waals surface area contributed by atoms with E-state index in [-0.39, 0.29) is 18.5 Å². The highest BCUT2D eigenvalue weighted by Crippen LogP contribution is 2.33. The van der Waals surface area contributed by atoms with Crippen molar-refractivity contribution in [3.63, 3.8) is 0 Å². The molecule has 1 saturated heterocycles. The van der Waals surface area contributed by atoms with Gasteiger partial charge in [-0.3, -0.25) is 4.79 Å². The summed E-state index contributed by atoms with van der Waals surface area (Å²) in [5.74, 6) is 2.56. The van der Waals surface area contributed by atoms with Crippen molar-refractivity contribution in [2.75, 3.05) is 6.61 Å². The van der Waals surface area contributed by atoms with Gasteiger partial charge < -0.3 is 9.47 Å². The van der Waals surface area contributed by atoms with E-state index in [1.807, 2.05) is 6.92 Å². The first kappa shape index (κ1) is 15.0. The maximum Gasteiger partial charge on any atom is 0.318 e. The summed E-state index contributed by atoms with van der Waals surface area (Å²) in [5.41, 5.74) is -0.417. The number of carbonyl (C=O) groups is 1. The van der Waals surface area contributed by atoms with E-state index in [0.717, 1.165) is 25.7 Å². The molecule has 1 fully saturated rings. The minimum atomic E-state index is -0.417. The van der Waals surface area contributed by atoms with Gasteiger partial charge >= 0.3 is 5.97 Å². The van der Waals surface area contributed by atoms with Crippen molar-refractivity contribution in [2.24, 2.45) is 5.92 Å². The summed E-state index contributed by atoms with van der Waals surface area (Å²) in [5, 5.41) is 0. The molecule has 0 aromatic carbocycles. The summed E-state index contributed by atoms with van der Waals surface area (Å²) < 4.78 is 11.4. The second-order valence-corrected chi connectivity index (χ2v) is 5.24. The van der Waals surface area contributed by atoms with Gasteiger partial charge in [-0.2, -0.15) is 0 Å². The molecule has 102 valence electrons. The smallest absolute Gasteiger partial charge is 0.318 e. The van der Waals surface area contributed by atoms with Gasteiger partial charge in [-0.05, 0) is 12.8 Å². The van der Waals surface area contributed by atoms with Gasteiger partial charge in [0.25, 0.3) is 0 Å². The summed E-state index contributed by atoms with van der Waals surface area (Å²) in [6.07, 6.45) is 9.07. The zero-order chi connectivity index (χ0) is 13.6. The SMILES string of the molecule is C#CCC(=O)OC1(C)CCOC(C(CC)CC)C1. The lowest BCUT2D eigenvalue weighted by molar-refractivity contribution is -0.175. The molecule has 0 bridgehead atoms. The minimum Gasteiger partial charge on any atom is -0.458 e. The molecular formula is C15H24O3. The zero-order valence-corrected chi connectivity index (χ0v) is 11.7. The minimum absolute atomic E-state index is 0.0477.